The Morgan fingerprint density at radius 2 is 1.60 bits per heavy atom. The average molecular weight is 214 g/mol. The molecule has 15 heavy (non-hydrogen) atoms. The molecule has 0 heterocycles. The zero-order chi connectivity index (χ0) is 11.7. The lowest BCUT2D eigenvalue weighted by Crippen LogP contribution is -2.24. The van der Waals surface area contributed by atoms with Crippen molar-refractivity contribution < 1.29 is 5.11 Å². The molecule has 0 bridgehead atoms. The van der Waals surface area contributed by atoms with E-state index >= 15 is 0 Å². The van der Waals surface area contributed by atoms with Crippen LogP contribution in [-0.2, 0) is 0 Å². The molecule has 0 aromatic carbocycles. The zero-order valence-corrected chi connectivity index (χ0v) is 11.2. The van der Waals surface area contributed by atoms with E-state index < -0.39 is 5.60 Å². The van der Waals surface area contributed by atoms with Gasteiger partial charge in [0.1, 0.15) is 0 Å². The van der Waals surface area contributed by atoms with Gasteiger partial charge in [-0.15, -0.1) is 0 Å². The smallest absolute Gasteiger partial charge is 0.0619 e. The molecule has 0 aromatic rings. The monoisotopic (exact) mass is 214 g/mol. The van der Waals surface area contributed by atoms with Crippen molar-refractivity contribution in [3.63, 3.8) is 0 Å². The molecular weight excluding hydrogens is 184 g/mol. The van der Waals surface area contributed by atoms with Gasteiger partial charge in [-0.3, -0.25) is 0 Å². The first-order valence-corrected chi connectivity index (χ1v) is 6.70. The summed E-state index contributed by atoms with van der Waals surface area (Å²) in [5, 5.41) is 10.1. The van der Waals surface area contributed by atoms with Gasteiger partial charge in [-0.05, 0) is 32.1 Å². The lowest BCUT2D eigenvalue weighted by atomic mass is 9.90. The van der Waals surface area contributed by atoms with E-state index in [4.69, 9.17) is 0 Å². The highest BCUT2D eigenvalue weighted by Gasteiger charge is 2.19. The fraction of sp³-hybridized carbons (Fsp3) is 1.00. The van der Waals surface area contributed by atoms with Crippen molar-refractivity contribution in [3.05, 3.63) is 0 Å². The molecule has 1 nitrogen and oxygen atoms in total. The van der Waals surface area contributed by atoms with Crippen LogP contribution in [0.1, 0.15) is 79.1 Å². The highest BCUT2D eigenvalue weighted by atomic mass is 16.3. The fourth-order valence-electron chi connectivity index (χ4n) is 1.83. The van der Waals surface area contributed by atoms with Crippen molar-refractivity contribution in [1.29, 1.82) is 0 Å². The summed E-state index contributed by atoms with van der Waals surface area (Å²) in [4.78, 5) is 0. The second kappa shape index (κ2) is 8.15. The highest BCUT2D eigenvalue weighted by Crippen LogP contribution is 2.22. The van der Waals surface area contributed by atoms with Crippen molar-refractivity contribution in [2.75, 3.05) is 0 Å². The summed E-state index contributed by atoms with van der Waals surface area (Å²) in [7, 11) is 0. The van der Waals surface area contributed by atoms with Crippen molar-refractivity contribution in [2.45, 2.75) is 84.7 Å². The molecule has 1 atom stereocenters. The van der Waals surface area contributed by atoms with Gasteiger partial charge in [0.15, 0.2) is 0 Å². The molecule has 1 heteroatoms. The van der Waals surface area contributed by atoms with Crippen LogP contribution in [0.4, 0.5) is 0 Å². The normalized spacial score (nSPS) is 15.6. The van der Waals surface area contributed by atoms with Crippen molar-refractivity contribution in [3.8, 4) is 0 Å². The molecule has 0 aliphatic rings. The molecule has 0 spiro atoms. The molecule has 1 N–H and O–H groups in total. The molecule has 1 unspecified atom stereocenters. The van der Waals surface area contributed by atoms with Gasteiger partial charge in [-0.1, -0.05) is 52.9 Å². The summed E-state index contributed by atoms with van der Waals surface area (Å²) in [6, 6.07) is 0. The summed E-state index contributed by atoms with van der Waals surface area (Å²) in [6.45, 7) is 8.67. The van der Waals surface area contributed by atoms with E-state index in [9.17, 15) is 5.11 Å². The predicted octanol–water partition coefficient (Wildman–Crippen LogP) is 4.53. The third-order valence-electron chi connectivity index (χ3n) is 3.08. The van der Waals surface area contributed by atoms with Crippen molar-refractivity contribution in [2.24, 2.45) is 5.92 Å². The standard InChI is InChI=1S/C14H30O/c1-5-6-7-8-9-11-14(4,15)12-10-13(2)3/h13,15H,5-12H2,1-4H3. The fourth-order valence-corrected chi connectivity index (χ4v) is 1.83. The number of hydrogen-bond donors (Lipinski definition) is 1. The van der Waals surface area contributed by atoms with Crippen LogP contribution in [0.2, 0.25) is 0 Å². The lowest BCUT2D eigenvalue weighted by molar-refractivity contribution is 0.0341. The summed E-state index contributed by atoms with van der Waals surface area (Å²) in [5.74, 6) is 0.705. The van der Waals surface area contributed by atoms with E-state index in [-0.39, 0.29) is 0 Å². The van der Waals surface area contributed by atoms with Gasteiger partial charge in [0.25, 0.3) is 0 Å². The molecule has 0 aliphatic carbocycles. The third kappa shape index (κ3) is 10.2. The average Bonchev–Trinajstić information content (AvgIpc) is 2.15. The summed E-state index contributed by atoms with van der Waals surface area (Å²) in [6.07, 6.45) is 9.51. The van der Waals surface area contributed by atoms with Crippen LogP contribution in [0, 0.1) is 5.92 Å². The minimum Gasteiger partial charge on any atom is -0.390 e. The topological polar surface area (TPSA) is 20.2 Å². The number of hydrogen-bond acceptors (Lipinski definition) is 1. The molecule has 0 rings (SSSR count). The maximum absolute atomic E-state index is 10.1. The van der Waals surface area contributed by atoms with Crippen LogP contribution in [0.3, 0.4) is 0 Å². The molecular formula is C14H30O. The molecule has 0 saturated heterocycles. The van der Waals surface area contributed by atoms with Crippen molar-refractivity contribution >= 4 is 0 Å². The summed E-state index contributed by atoms with van der Waals surface area (Å²) >= 11 is 0. The Morgan fingerprint density at radius 1 is 1.00 bits per heavy atom. The van der Waals surface area contributed by atoms with Crippen LogP contribution >= 0.6 is 0 Å². The molecule has 0 aliphatic heterocycles. The van der Waals surface area contributed by atoms with E-state index in [1.807, 2.05) is 6.92 Å². The van der Waals surface area contributed by atoms with Crippen LogP contribution < -0.4 is 0 Å². The van der Waals surface area contributed by atoms with Crippen LogP contribution in [0.15, 0.2) is 0 Å². The van der Waals surface area contributed by atoms with Gasteiger partial charge in [0.2, 0.25) is 0 Å². The predicted molar refractivity (Wildman–Crippen MR) is 68.1 cm³/mol. The third-order valence-corrected chi connectivity index (χ3v) is 3.08. The maximum Gasteiger partial charge on any atom is 0.0619 e. The first kappa shape index (κ1) is 15.0. The van der Waals surface area contributed by atoms with Gasteiger partial charge >= 0.3 is 0 Å². The second-order valence-corrected chi connectivity index (χ2v) is 5.59. The van der Waals surface area contributed by atoms with E-state index in [0.29, 0.717) is 5.92 Å². The zero-order valence-electron chi connectivity index (χ0n) is 11.2. The number of aliphatic hydroxyl groups is 1. The quantitative estimate of drug-likeness (QED) is 0.559. The highest BCUT2D eigenvalue weighted by molar-refractivity contribution is 4.72. The Balaban J connectivity index is 3.46. The molecule has 92 valence electrons. The molecule has 0 aromatic heterocycles. The lowest BCUT2D eigenvalue weighted by Gasteiger charge is -2.24. The van der Waals surface area contributed by atoms with Crippen molar-refractivity contribution in [1.82, 2.24) is 0 Å². The number of unbranched alkanes of at least 4 members (excludes halogenated alkanes) is 4. The van der Waals surface area contributed by atoms with Gasteiger partial charge in [-0.2, -0.15) is 0 Å². The summed E-state index contributed by atoms with van der Waals surface area (Å²) in [5.41, 5.74) is -0.420. The SMILES string of the molecule is CCCCCCCC(C)(O)CCC(C)C. The van der Waals surface area contributed by atoms with Gasteiger partial charge < -0.3 is 5.11 Å². The first-order valence-electron chi connectivity index (χ1n) is 6.70. The molecule has 0 amide bonds. The first-order chi connectivity index (χ1) is 6.98. The molecule has 0 fully saturated rings. The summed E-state index contributed by atoms with van der Waals surface area (Å²) < 4.78 is 0. The Hall–Kier alpha value is -0.0400. The van der Waals surface area contributed by atoms with Gasteiger partial charge in [0.05, 0.1) is 5.60 Å². The van der Waals surface area contributed by atoms with Crippen LogP contribution in [0.5, 0.6) is 0 Å². The van der Waals surface area contributed by atoms with E-state index in [0.717, 1.165) is 19.3 Å². The van der Waals surface area contributed by atoms with Crippen LogP contribution in [-0.4, -0.2) is 10.7 Å². The van der Waals surface area contributed by atoms with E-state index in [1.165, 1.54) is 32.1 Å². The minimum absolute atomic E-state index is 0.420. The molecule has 0 radical (unpaired) electrons. The van der Waals surface area contributed by atoms with E-state index in [2.05, 4.69) is 20.8 Å². The molecule has 0 saturated carbocycles. The van der Waals surface area contributed by atoms with Gasteiger partial charge in [0, 0.05) is 0 Å². The van der Waals surface area contributed by atoms with E-state index in [1.54, 1.807) is 0 Å². The largest absolute Gasteiger partial charge is 0.390 e. The Bertz CT molecular complexity index is 138. The van der Waals surface area contributed by atoms with Crippen LogP contribution in [0.25, 0.3) is 0 Å². The van der Waals surface area contributed by atoms with Gasteiger partial charge in [-0.25, -0.2) is 0 Å². The second-order valence-electron chi connectivity index (χ2n) is 5.59. The Labute approximate surface area is 96.3 Å². The Morgan fingerprint density at radius 3 is 2.13 bits per heavy atom. The minimum atomic E-state index is -0.420. The number of rotatable bonds is 9. The Kier molecular flexibility index (Phi) is 8.13. The maximum atomic E-state index is 10.1.